The van der Waals surface area contributed by atoms with Gasteiger partial charge in [-0.25, -0.2) is 9.18 Å². The van der Waals surface area contributed by atoms with Crippen molar-refractivity contribution in [1.29, 1.82) is 0 Å². The molecule has 1 aliphatic heterocycles. The predicted molar refractivity (Wildman–Crippen MR) is 109 cm³/mol. The summed E-state index contributed by atoms with van der Waals surface area (Å²) in [5.74, 6) is -1.58. The van der Waals surface area contributed by atoms with Crippen molar-refractivity contribution in [3.63, 3.8) is 0 Å². The van der Waals surface area contributed by atoms with Gasteiger partial charge in [-0.15, -0.1) is 0 Å². The fourth-order valence-corrected chi connectivity index (χ4v) is 4.16. The van der Waals surface area contributed by atoms with Crippen LogP contribution in [0.1, 0.15) is 42.7 Å². The van der Waals surface area contributed by atoms with E-state index in [1.807, 2.05) is 30.3 Å². The number of rotatable bonds is 4. The molecule has 0 fully saturated rings. The number of carbonyl (C=O) groups is 2. The van der Waals surface area contributed by atoms with Gasteiger partial charge in [0.25, 0.3) is 0 Å². The van der Waals surface area contributed by atoms with Gasteiger partial charge in [-0.05, 0) is 36.1 Å². The molecule has 5 nitrogen and oxygen atoms in total. The summed E-state index contributed by atoms with van der Waals surface area (Å²) >= 11 is 0. The first-order chi connectivity index (χ1) is 14.5. The zero-order valence-corrected chi connectivity index (χ0v) is 16.6. The van der Waals surface area contributed by atoms with E-state index in [-0.39, 0.29) is 29.8 Å². The second-order valence-corrected chi connectivity index (χ2v) is 7.36. The van der Waals surface area contributed by atoms with Crippen LogP contribution in [0.5, 0.6) is 0 Å². The van der Waals surface area contributed by atoms with Gasteiger partial charge < -0.3 is 15.2 Å². The number of nitrogens with two attached hydrogens (primary N) is 1. The highest BCUT2D eigenvalue weighted by Crippen LogP contribution is 2.47. The number of hydrogen-bond donors (Lipinski definition) is 1. The molecular formula is C24H22FNO4. The maximum absolute atomic E-state index is 13.5. The van der Waals surface area contributed by atoms with Crippen molar-refractivity contribution in [1.82, 2.24) is 0 Å². The Morgan fingerprint density at radius 3 is 2.47 bits per heavy atom. The van der Waals surface area contributed by atoms with Crippen LogP contribution in [0.25, 0.3) is 0 Å². The Balaban J connectivity index is 1.80. The number of Topliss-reactive ketones (excluding diaryl/α,β-unsaturated/α-hetero) is 1. The molecule has 30 heavy (non-hydrogen) atoms. The lowest BCUT2D eigenvalue weighted by atomic mass is 9.73. The molecule has 2 N–H and O–H groups in total. The smallest absolute Gasteiger partial charge is 0.340 e. The second kappa shape index (κ2) is 8.14. The number of halogens is 1. The molecule has 0 unspecified atom stereocenters. The lowest BCUT2D eigenvalue weighted by molar-refractivity contribution is -0.139. The first kappa shape index (κ1) is 19.9. The number of carbonyl (C=O) groups excluding carboxylic acids is 2. The molecule has 2 aromatic rings. The lowest BCUT2D eigenvalue weighted by Gasteiger charge is -2.35. The largest absolute Gasteiger partial charge is 0.462 e. The fourth-order valence-electron chi connectivity index (χ4n) is 4.16. The van der Waals surface area contributed by atoms with Crippen molar-refractivity contribution in [2.75, 3.05) is 6.61 Å². The van der Waals surface area contributed by atoms with Crippen LogP contribution in [0, 0.1) is 5.82 Å². The molecule has 2 aliphatic rings. The van der Waals surface area contributed by atoms with Crippen molar-refractivity contribution in [3.8, 4) is 0 Å². The summed E-state index contributed by atoms with van der Waals surface area (Å²) in [6.45, 7) is 1.84. The molecule has 0 bridgehead atoms. The first-order valence-electron chi connectivity index (χ1n) is 9.90. The Morgan fingerprint density at radius 1 is 1.10 bits per heavy atom. The molecule has 1 aliphatic carbocycles. The van der Waals surface area contributed by atoms with Crippen molar-refractivity contribution in [3.05, 3.63) is 94.3 Å². The summed E-state index contributed by atoms with van der Waals surface area (Å²) in [5, 5.41) is 0. The van der Waals surface area contributed by atoms with Gasteiger partial charge in [0.2, 0.25) is 5.88 Å². The third-order valence-electron chi connectivity index (χ3n) is 5.51. The third-order valence-corrected chi connectivity index (χ3v) is 5.51. The number of benzene rings is 2. The van der Waals surface area contributed by atoms with Gasteiger partial charge in [0, 0.05) is 18.4 Å². The summed E-state index contributed by atoms with van der Waals surface area (Å²) in [6, 6.07) is 15.4. The van der Waals surface area contributed by atoms with E-state index in [1.165, 1.54) is 12.1 Å². The summed E-state index contributed by atoms with van der Waals surface area (Å²) in [5.41, 5.74) is 8.24. The highest BCUT2D eigenvalue weighted by atomic mass is 19.1. The van der Waals surface area contributed by atoms with E-state index in [9.17, 15) is 14.0 Å². The maximum atomic E-state index is 13.5. The van der Waals surface area contributed by atoms with E-state index in [2.05, 4.69) is 0 Å². The van der Waals surface area contributed by atoms with Crippen LogP contribution < -0.4 is 5.73 Å². The minimum atomic E-state index is -0.752. The third kappa shape index (κ3) is 3.61. The zero-order valence-electron chi connectivity index (χ0n) is 16.6. The van der Waals surface area contributed by atoms with Gasteiger partial charge in [0.05, 0.1) is 12.5 Å². The molecule has 0 aromatic heterocycles. The Bertz CT molecular complexity index is 1040. The Kier molecular flexibility index (Phi) is 5.40. The topological polar surface area (TPSA) is 78.6 Å². The lowest BCUT2D eigenvalue weighted by Crippen LogP contribution is -2.33. The summed E-state index contributed by atoms with van der Waals surface area (Å²) in [7, 11) is 0. The van der Waals surface area contributed by atoms with Gasteiger partial charge in [0.1, 0.15) is 17.1 Å². The van der Waals surface area contributed by atoms with Crippen LogP contribution in [0.15, 0.2) is 77.4 Å². The van der Waals surface area contributed by atoms with E-state index in [0.717, 1.165) is 5.56 Å². The average molecular weight is 407 g/mol. The number of ether oxygens (including phenoxy) is 2. The molecule has 154 valence electrons. The number of hydrogen-bond acceptors (Lipinski definition) is 5. The summed E-state index contributed by atoms with van der Waals surface area (Å²) in [4.78, 5) is 25.9. The van der Waals surface area contributed by atoms with Gasteiger partial charge in [0.15, 0.2) is 5.78 Å². The molecule has 0 radical (unpaired) electrons. The minimum absolute atomic E-state index is 0.0386. The Labute approximate surface area is 174 Å². The molecule has 0 spiro atoms. The molecule has 1 heterocycles. The van der Waals surface area contributed by atoms with Crippen LogP contribution in [0.2, 0.25) is 0 Å². The molecular weight excluding hydrogens is 385 g/mol. The number of allylic oxidation sites excluding steroid dienone is 2. The van der Waals surface area contributed by atoms with Crippen LogP contribution in [-0.2, 0) is 19.1 Å². The van der Waals surface area contributed by atoms with Crippen molar-refractivity contribution in [2.45, 2.75) is 31.6 Å². The monoisotopic (exact) mass is 407 g/mol. The highest BCUT2D eigenvalue weighted by Gasteiger charge is 2.43. The normalized spacial score (nSPS) is 21.2. The van der Waals surface area contributed by atoms with E-state index in [4.69, 9.17) is 15.2 Å². The molecule has 6 heteroatoms. The maximum Gasteiger partial charge on any atom is 0.340 e. The quantitative estimate of drug-likeness (QED) is 0.773. The molecule has 2 aromatic carbocycles. The summed E-state index contributed by atoms with van der Waals surface area (Å²) < 4.78 is 24.5. The van der Waals surface area contributed by atoms with E-state index < -0.39 is 17.7 Å². The zero-order chi connectivity index (χ0) is 21.3. The van der Waals surface area contributed by atoms with E-state index in [1.54, 1.807) is 19.1 Å². The Hall–Kier alpha value is -3.41. The van der Waals surface area contributed by atoms with Gasteiger partial charge in [-0.2, -0.15) is 0 Å². The highest BCUT2D eigenvalue weighted by molar-refractivity contribution is 6.03. The SMILES string of the molecule is CCOC(=O)C1=C(N)OC2=C(C(=O)C[C@H](c3ccccc3)C2)[C@@H]1c1ccc(F)cc1. The molecule has 2 atom stereocenters. The van der Waals surface area contributed by atoms with Crippen molar-refractivity contribution in [2.24, 2.45) is 5.73 Å². The van der Waals surface area contributed by atoms with E-state index in [0.29, 0.717) is 29.7 Å². The van der Waals surface area contributed by atoms with Crippen LogP contribution in [0.4, 0.5) is 4.39 Å². The van der Waals surface area contributed by atoms with Gasteiger partial charge in [-0.3, -0.25) is 4.79 Å². The van der Waals surface area contributed by atoms with Crippen molar-refractivity contribution >= 4 is 11.8 Å². The van der Waals surface area contributed by atoms with Crippen LogP contribution >= 0.6 is 0 Å². The standard InChI is InChI=1S/C24H22FNO4/c1-2-29-24(28)22-20(15-8-10-17(25)11-9-15)21-18(27)12-16(13-19(21)30-23(22)26)14-6-4-3-5-7-14/h3-11,16,20H,2,12-13,26H2,1H3/t16-,20-/m0/s1. The number of ketones is 1. The molecule has 0 saturated heterocycles. The van der Waals surface area contributed by atoms with Crippen LogP contribution in [-0.4, -0.2) is 18.4 Å². The second-order valence-electron chi connectivity index (χ2n) is 7.36. The molecule has 4 rings (SSSR count). The van der Waals surface area contributed by atoms with Gasteiger partial charge >= 0.3 is 5.97 Å². The van der Waals surface area contributed by atoms with Gasteiger partial charge in [-0.1, -0.05) is 42.5 Å². The van der Waals surface area contributed by atoms with E-state index >= 15 is 0 Å². The molecule has 0 amide bonds. The molecule has 0 saturated carbocycles. The Morgan fingerprint density at radius 2 is 1.80 bits per heavy atom. The van der Waals surface area contributed by atoms with Crippen LogP contribution in [0.3, 0.4) is 0 Å². The number of esters is 1. The summed E-state index contributed by atoms with van der Waals surface area (Å²) in [6.07, 6.45) is 0.777. The first-order valence-corrected chi connectivity index (χ1v) is 9.90. The van der Waals surface area contributed by atoms with Crippen molar-refractivity contribution < 1.29 is 23.5 Å². The predicted octanol–water partition coefficient (Wildman–Crippen LogP) is 4.07. The fraction of sp³-hybridized carbons (Fsp3) is 0.250. The minimum Gasteiger partial charge on any atom is -0.462 e. The average Bonchev–Trinajstić information content (AvgIpc) is 2.74.